The van der Waals surface area contributed by atoms with E-state index in [4.69, 9.17) is 4.74 Å². The van der Waals surface area contributed by atoms with Crippen LogP contribution in [-0.4, -0.2) is 12.2 Å². The maximum absolute atomic E-state index is 9.59. The van der Waals surface area contributed by atoms with Gasteiger partial charge >= 0.3 is 0 Å². The largest absolute Gasteiger partial charge is 0.504 e. The summed E-state index contributed by atoms with van der Waals surface area (Å²) in [4.78, 5) is 0. The number of ether oxygens (including phenoxy) is 1. The lowest BCUT2D eigenvalue weighted by atomic mass is 10.2. The van der Waals surface area contributed by atoms with Crippen LogP contribution < -0.4 is 10.1 Å². The van der Waals surface area contributed by atoms with Gasteiger partial charge in [-0.1, -0.05) is 0 Å². The highest BCUT2D eigenvalue weighted by Gasteiger charge is 2.02. The number of aromatic hydroxyl groups is 1. The molecule has 0 saturated heterocycles. The van der Waals surface area contributed by atoms with E-state index < -0.39 is 0 Å². The summed E-state index contributed by atoms with van der Waals surface area (Å²) in [6.07, 6.45) is 0. The molecule has 3 nitrogen and oxygen atoms in total. The topological polar surface area (TPSA) is 41.5 Å². The Bertz CT molecular complexity index is 454. The van der Waals surface area contributed by atoms with E-state index in [2.05, 4.69) is 16.8 Å². The molecule has 1 aromatic carbocycles. The molecule has 0 spiro atoms. The minimum absolute atomic E-state index is 0.151. The molecule has 0 aliphatic heterocycles. The molecule has 2 N–H and O–H groups in total. The van der Waals surface area contributed by atoms with Crippen LogP contribution in [0.1, 0.15) is 5.56 Å². The van der Waals surface area contributed by atoms with Crippen molar-refractivity contribution in [3.63, 3.8) is 0 Å². The second kappa shape index (κ2) is 4.90. The fraction of sp³-hybridized carbons (Fsp3) is 0.167. The molecule has 84 valence electrons. The summed E-state index contributed by atoms with van der Waals surface area (Å²) in [7, 11) is 1.54. The molecule has 2 rings (SSSR count). The third kappa shape index (κ3) is 2.46. The molecule has 0 unspecified atom stereocenters. The summed E-state index contributed by atoms with van der Waals surface area (Å²) in [5, 5.41) is 17.0. The van der Waals surface area contributed by atoms with E-state index >= 15 is 0 Å². The highest BCUT2D eigenvalue weighted by molar-refractivity contribution is 7.07. The molecule has 0 aliphatic rings. The number of hydrogen-bond donors (Lipinski definition) is 2. The molecular formula is C12H13NO2S. The zero-order valence-electron chi connectivity index (χ0n) is 8.93. The molecule has 4 heteroatoms. The normalized spacial score (nSPS) is 10.1. The third-order valence-corrected chi connectivity index (χ3v) is 2.99. The predicted molar refractivity (Wildman–Crippen MR) is 66.3 cm³/mol. The number of phenols is 1. The van der Waals surface area contributed by atoms with Crippen molar-refractivity contribution in [2.24, 2.45) is 0 Å². The molecular weight excluding hydrogens is 222 g/mol. The zero-order valence-corrected chi connectivity index (χ0v) is 9.75. The Balaban J connectivity index is 2.02. The number of hydrogen-bond acceptors (Lipinski definition) is 4. The van der Waals surface area contributed by atoms with Crippen LogP contribution in [0.5, 0.6) is 11.5 Å². The number of benzene rings is 1. The molecule has 0 bridgehead atoms. The van der Waals surface area contributed by atoms with Crippen LogP contribution in [0.15, 0.2) is 35.0 Å². The van der Waals surface area contributed by atoms with Gasteiger partial charge in [-0.25, -0.2) is 0 Å². The van der Waals surface area contributed by atoms with Gasteiger partial charge in [-0.05, 0) is 34.5 Å². The maximum atomic E-state index is 9.59. The van der Waals surface area contributed by atoms with Crippen LogP contribution in [0.4, 0.5) is 5.69 Å². The third-order valence-electron chi connectivity index (χ3n) is 2.26. The van der Waals surface area contributed by atoms with Gasteiger partial charge in [0.25, 0.3) is 0 Å². The van der Waals surface area contributed by atoms with Gasteiger partial charge in [-0.3, -0.25) is 0 Å². The predicted octanol–water partition coefficient (Wildman–Crippen LogP) is 3.07. The summed E-state index contributed by atoms with van der Waals surface area (Å²) in [6, 6.07) is 7.35. The molecule has 0 fully saturated rings. The molecule has 1 heterocycles. The number of anilines is 1. The Morgan fingerprint density at radius 3 is 2.88 bits per heavy atom. The van der Waals surface area contributed by atoms with E-state index in [1.807, 2.05) is 11.4 Å². The maximum Gasteiger partial charge on any atom is 0.160 e. The van der Waals surface area contributed by atoms with Crippen molar-refractivity contribution in [1.82, 2.24) is 0 Å². The SMILES string of the molecule is COc1ccc(NCc2ccsc2)cc1O. The number of rotatable bonds is 4. The van der Waals surface area contributed by atoms with Crippen molar-refractivity contribution in [2.75, 3.05) is 12.4 Å². The summed E-state index contributed by atoms with van der Waals surface area (Å²) in [5.74, 6) is 0.638. The van der Waals surface area contributed by atoms with E-state index in [-0.39, 0.29) is 5.75 Å². The molecule has 0 radical (unpaired) electrons. The minimum Gasteiger partial charge on any atom is -0.504 e. The number of nitrogens with one attached hydrogen (secondary N) is 1. The molecule has 16 heavy (non-hydrogen) atoms. The van der Waals surface area contributed by atoms with Gasteiger partial charge in [0.2, 0.25) is 0 Å². The van der Waals surface area contributed by atoms with Gasteiger partial charge in [0.1, 0.15) is 0 Å². The first-order valence-corrected chi connectivity index (χ1v) is 5.86. The van der Waals surface area contributed by atoms with Crippen LogP contribution in [0.2, 0.25) is 0 Å². The van der Waals surface area contributed by atoms with Gasteiger partial charge in [0.15, 0.2) is 11.5 Å². The first-order valence-electron chi connectivity index (χ1n) is 4.91. The van der Waals surface area contributed by atoms with E-state index in [1.54, 1.807) is 23.5 Å². The number of phenolic OH excluding ortho intramolecular Hbond substituents is 1. The van der Waals surface area contributed by atoms with Crippen LogP contribution in [0.3, 0.4) is 0 Å². The Morgan fingerprint density at radius 2 is 2.25 bits per heavy atom. The van der Waals surface area contributed by atoms with Crippen molar-refractivity contribution >= 4 is 17.0 Å². The zero-order chi connectivity index (χ0) is 11.4. The summed E-state index contributed by atoms with van der Waals surface area (Å²) < 4.78 is 4.97. The average Bonchev–Trinajstić information content (AvgIpc) is 2.79. The molecule has 0 atom stereocenters. The Morgan fingerprint density at radius 1 is 1.38 bits per heavy atom. The lowest BCUT2D eigenvalue weighted by Crippen LogP contribution is -1.97. The van der Waals surface area contributed by atoms with Crippen molar-refractivity contribution < 1.29 is 9.84 Å². The van der Waals surface area contributed by atoms with Crippen LogP contribution in [0.25, 0.3) is 0 Å². The number of methoxy groups -OCH3 is 1. The monoisotopic (exact) mass is 235 g/mol. The van der Waals surface area contributed by atoms with Crippen molar-refractivity contribution in [3.05, 3.63) is 40.6 Å². The van der Waals surface area contributed by atoms with Crippen molar-refractivity contribution in [1.29, 1.82) is 0 Å². The summed E-state index contributed by atoms with van der Waals surface area (Å²) in [5.41, 5.74) is 2.12. The van der Waals surface area contributed by atoms with E-state index in [0.29, 0.717) is 5.75 Å². The Kier molecular flexibility index (Phi) is 3.31. The standard InChI is InChI=1S/C12H13NO2S/c1-15-12-3-2-10(6-11(12)14)13-7-9-4-5-16-8-9/h2-6,8,13-14H,7H2,1H3. The highest BCUT2D eigenvalue weighted by Crippen LogP contribution is 2.28. The fourth-order valence-electron chi connectivity index (χ4n) is 1.40. The molecule has 0 amide bonds. The van der Waals surface area contributed by atoms with Crippen molar-refractivity contribution in [2.45, 2.75) is 6.54 Å². The van der Waals surface area contributed by atoms with Gasteiger partial charge in [0.05, 0.1) is 7.11 Å². The van der Waals surface area contributed by atoms with Crippen LogP contribution in [0, 0.1) is 0 Å². The minimum atomic E-state index is 0.151. The lowest BCUT2D eigenvalue weighted by molar-refractivity contribution is 0.373. The highest BCUT2D eigenvalue weighted by atomic mass is 32.1. The van der Waals surface area contributed by atoms with Gasteiger partial charge in [0, 0.05) is 18.3 Å². The van der Waals surface area contributed by atoms with Crippen LogP contribution >= 0.6 is 11.3 Å². The fourth-order valence-corrected chi connectivity index (χ4v) is 2.07. The molecule has 2 aromatic rings. The Labute approximate surface area is 98.3 Å². The molecule has 1 aromatic heterocycles. The molecule has 0 aliphatic carbocycles. The summed E-state index contributed by atoms with van der Waals surface area (Å²) >= 11 is 1.67. The van der Waals surface area contributed by atoms with Crippen LogP contribution in [-0.2, 0) is 6.54 Å². The van der Waals surface area contributed by atoms with Gasteiger partial charge in [-0.2, -0.15) is 11.3 Å². The van der Waals surface area contributed by atoms with E-state index in [1.165, 1.54) is 12.7 Å². The summed E-state index contributed by atoms with van der Waals surface area (Å²) in [6.45, 7) is 0.759. The quantitative estimate of drug-likeness (QED) is 0.855. The first-order chi connectivity index (χ1) is 7.79. The van der Waals surface area contributed by atoms with Gasteiger partial charge < -0.3 is 15.2 Å². The van der Waals surface area contributed by atoms with Gasteiger partial charge in [-0.15, -0.1) is 0 Å². The lowest BCUT2D eigenvalue weighted by Gasteiger charge is -2.08. The van der Waals surface area contributed by atoms with Crippen molar-refractivity contribution in [3.8, 4) is 11.5 Å². The van der Waals surface area contributed by atoms with E-state index in [9.17, 15) is 5.11 Å². The Hall–Kier alpha value is -1.68. The second-order valence-electron chi connectivity index (χ2n) is 3.37. The second-order valence-corrected chi connectivity index (χ2v) is 4.15. The smallest absolute Gasteiger partial charge is 0.160 e. The average molecular weight is 235 g/mol. The van der Waals surface area contributed by atoms with E-state index in [0.717, 1.165) is 12.2 Å². The number of thiophene rings is 1. The molecule has 0 saturated carbocycles. The first kappa shape index (κ1) is 10.8.